The molecule has 282 valence electrons. The second-order valence-corrected chi connectivity index (χ2v) is 18.1. The number of imidazole rings is 2. The van der Waals surface area contributed by atoms with Crippen LogP contribution in [0.15, 0.2) is 103 Å². The Morgan fingerprint density at radius 3 is 1.58 bits per heavy atom. The molecule has 2 heterocycles. The Bertz CT molecular complexity index is 2880. The first-order valence-corrected chi connectivity index (χ1v) is 23.1. The fraction of sp³-hybridized carbons (Fsp3) is 0.231. The van der Waals surface area contributed by atoms with Gasteiger partial charge < -0.3 is 0 Å². The summed E-state index contributed by atoms with van der Waals surface area (Å²) < 4.78 is 4.74. The number of hydrogen-bond donors (Lipinski definition) is 0. The summed E-state index contributed by atoms with van der Waals surface area (Å²) >= 11 is 0. The number of benzene rings is 5. The van der Waals surface area contributed by atoms with Crippen LogP contribution >= 0.6 is 7.92 Å². The SMILES string of the molecule is CCc1nc2c(n1-c1ccc(-c3c4c(c(-c5ccc(-n6c(CC)nc7c6C=CCC7)cc5)c5cc(-c6cccc(P(C)C)c6)ccc35)=CCCC=4)cc1)C=CCC2. The Balaban J connectivity index is 1.17. The summed E-state index contributed by atoms with van der Waals surface area (Å²) in [5.41, 5.74) is 14.9. The maximum atomic E-state index is 5.06. The van der Waals surface area contributed by atoms with Gasteiger partial charge in [-0.05, 0) is 160 Å². The molecule has 10 rings (SSSR count). The van der Waals surface area contributed by atoms with Gasteiger partial charge in [-0.25, -0.2) is 9.97 Å². The lowest BCUT2D eigenvalue weighted by molar-refractivity contribution is 0.884. The highest BCUT2D eigenvalue weighted by Crippen LogP contribution is 2.37. The highest BCUT2D eigenvalue weighted by atomic mass is 31.1. The van der Waals surface area contributed by atoms with Crippen LogP contribution in [0.25, 0.3) is 79.8 Å². The van der Waals surface area contributed by atoms with Gasteiger partial charge in [-0.15, -0.1) is 0 Å². The summed E-state index contributed by atoms with van der Waals surface area (Å²) in [6, 6.07) is 35.0. The van der Waals surface area contributed by atoms with Crippen molar-refractivity contribution < 1.29 is 0 Å². The summed E-state index contributed by atoms with van der Waals surface area (Å²) in [4.78, 5) is 10.1. The summed E-state index contributed by atoms with van der Waals surface area (Å²) in [6.45, 7) is 9.10. The van der Waals surface area contributed by atoms with Crippen molar-refractivity contribution in [2.45, 2.75) is 65.2 Å². The maximum Gasteiger partial charge on any atom is 0.113 e. The molecule has 0 spiro atoms. The molecule has 0 radical (unpaired) electrons. The first-order chi connectivity index (χ1) is 28.0. The zero-order valence-electron chi connectivity index (χ0n) is 33.5. The van der Waals surface area contributed by atoms with Gasteiger partial charge in [0.05, 0.1) is 22.8 Å². The van der Waals surface area contributed by atoms with Crippen LogP contribution in [-0.4, -0.2) is 32.4 Å². The van der Waals surface area contributed by atoms with Crippen LogP contribution in [0.1, 0.15) is 74.0 Å². The molecular formula is C52H49N4P. The third-order valence-corrected chi connectivity index (χ3v) is 13.5. The lowest BCUT2D eigenvalue weighted by Gasteiger charge is -2.20. The zero-order chi connectivity index (χ0) is 38.6. The summed E-state index contributed by atoms with van der Waals surface area (Å²) in [7, 11) is -0.200. The van der Waals surface area contributed by atoms with Crippen molar-refractivity contribution in [1.29, 1.82) is 0 Å². The Morgan fingerprint density at radius 2 is 1.05 bits per heavy atom. The average molecular weight is 761 g/mol. The van der Waals surface area contributed by atoms with Crippen molar-refractivity contribution >= 4 is 48.3 Å². The molecule has 0 saturated carbocycles. The van der Waals surface area contributed by atoms with Gasteiger partial charge in [-0.2, -0.15) is 0 Å². The highest BCUT2D eigenvalue weighted by Gasteiger charge is 2.21. The maximum absolute atomic E-state index is 5.06. The predicted molar refractivity (Wildman–Crippen MR) is 244 cm³/mol. The molecule has 0 amide bonds. The Morgan fingerprint density at radius 1 is 0.544 bits per heavy atom. The standard InChI is InChI=1S/C52H49N4P/c1-5-49-53-45-18-9-11-20-47(45)55(49)38-27-22-34(23-28-38)51-41-16-7-8-17-42(41)52(44-33-37(26-31-43(44)51)36-14-13-15-40(32-36)57(3)4)35-24-29-39(30-25-35)56-48-21-12-10-19-46(48)54-50(56)6-2/h11-17,20-33H,5-10,18-19H2,1-4H3. The first kappa shape index (κ1) is 35.8. The van der Waals surface area contributed by atoms with Crippen molar-refractivity contribution in [3.63, 3.8) is 0 Å². The minimum Gasteiger partial charge on any atom is -0.297 e. The van der Waals surface area contributed by atoms with Gasteiger partial charge in [-0.3, -0.25) is 9.13 Å². The van der Waals surface area contributed by atoms with E-state index in [4.69, 9.17) is 9.97 Å². The average Bonchev–Trinajstić information content (AvgIpc) is 3.84. The third-order valence-electron chi connectivity index (χ3n) is 12.2. The van der Waals surface area contributed by atoms with Crippen molar-refractivity contribution in [3.8, 4) is 44.8 Å². The van der Waals surface area contributed by atoms with Crippen LogP contribution in [0, 0.1) is 0 Å². The van der Waals surface area contributed by atoms with Crippen LogP contribution < -0.4 is 15.7 Å². The van der Waals surface area contributed by atoms with Crippen LogP contribution in [0.4, 0.5) is 0 Å². The second-order valence-electron chi connectivity index (χ2n) is 15.8. The Labute approximate surface area is 337 Å². The molecule has 2 aromatic heterocycles. The lowest BCUT2D eigenvalue weighted by atomic mass is 9.85. The molecule has 3 aliphatic carbocycles. The van der Waals surface area contributed by atoms with E-state index in [1.807, 2.05) is 0 Å². The zero-order valence-corrected chi connectivity index (χ0v) is 34.4. The summed E-state index contributed by atoms with van der Waals surface area (Å²) in [6.07, 6.45) is 22.1. The molecule has 0 aliphatic heterocycles. The van der Waals surface area contributed by atoms with Gasteiger partial charge in [0.2, 0.25) is 0 Å². The molecule has 5 aromatic carbocycles. The van der Waals surface area contributed by atoms with Crippen LogP contribution in [0.5, 0.6) is 0 Å². The lowest BCUT2D eigenvalue weighted by Crippen LogP contribution is -2.31. The number of aryl methyl sites for hydroxylation is 4. The van der Waals surface area contributed by atoms with E-state index < -0.39 is 0 Å². The highest BCUT2D eigenvalue weighted by molar-refractivity contribution is 7.64. The van der Waals surface area contributed by atoms with E-state index in [0.717, 1.165) is 63.0 Å². The molecule has 0 unspecified atom stereocenters. The number of fused-ring (bicyclic) bond motifs is 4. The predicted octanol–water partition coefficient (Wildman–Crippen LogP) is 11.0. The minimum atomic E-state index is -0.200. The number of allylic oxidation sites excluding steroid dienone is 2. The quantitative estimate of drug-likeness (QED) is 0.145. The van der Waals surface area contributed by atoms with Crippen molar-refractivity contribution in [2.24, 2.45) is 0 Å². The normalized spacial score (nSPS) is 14.3. The number of aromatic nitrogens is 4. The van der Waals surface area contributed by atoms with Gasteiger partial charge >= 0.3 is 0 Å². The Kier molecular flexibility index (Phi) is 9.26. The summed E-state index contributed by atoms with van der Waals surface area (Å²) in [5.74, 6) is 2.26. The van der Waals surface area contributed by atoms with Crippen molar-refractivity contribution in [3.05, 3.63) is 148 Å². The van der Waals surface area contributed by atoms with E-state index in [1.54, 1.807) is 0 Å². The van der Waals surface area contributed by atoms with Crippen LogP contribution in [-0.2, 0) is 25.7 Å². The molecule has 0 atom stereocenters. The molecule has 0 saturated heterocycles. The van der Waals surface area contributed by atoms with E-state index in [9.17, 15) is 0 Å². The number of rotatable bonds is 8. The molecule has 3 aliphatic rings. The number of nitrogens with zero attached hydrogens (tertiary/aromatic N) is 4. The van der Waals surface area contributed by atoms with Crippen LogP contribution in [0.3, 0.4) is 0 Å². The van der Waals surface area contributed by atoms with Crippen LogP contribution in [0.2, 0.25) is 0 Å². The fourth-order valence-corrected chi connectivity index (χ4v) is 10.2. The fourth-order valence-electron chi connectivity index (χ4n) is 9.38. The molecule has 57 heavy (non-hydrogen) atoms. The smallest absolute Gasteiger partial charge is 0.113 e. The monoisotopic (exact) mass is 760 g/mol. The van der Waals surface area contributed by atoms with Gasteiger partial charge in [0, 0.05) is 24.2 Å². The van der Waals surface area contributed by atoms with E-state index in [2.05, 4.69) is 164 Å². The largest absolute Gasteiger partial charge is 0.297 e. The minimum absolute atomic E-state index is 0.200. The van der Waals surface area contributed by atoms with E-state index in [-0.39, 0.29) is 7.92 Å². The topological polar surface area (TPSA) is 35.6 Å². The van der Waals surface area contributed by atoms with Gasteiger partial charge in [-0.1, -0.05) is 101 Å². The molecule has 0 N–H and O–H groups in total. The van der Waals surface area contributed by atoms with E-state index in [1.165, 1.54) is 94.0 Å². The molecule has 0 fully saturated rings. The molecule has 4 nitrogen and oxygen atoms in total. The third kappa shape index (κ3) is 6.17. The van der Waals surface area contributed by atoms with Gasteiger partial charge in [0.25, 0.3) is 0 Å². The van der Waals surface area contributed by atoms with E-state index in [0.29, 0.717) is 0 Å². The first-order valence-electron chi connectivity index (χ1n) is 20.8. The Hall–Kier alpha value is -5.57. The van der Waals surface area contributed by atoms with Gasteiger partial charge in [0.15, 0.2) is 0 Å². The van der Waals surface area contributed by atoms with E-state index >= 15 is 0 Å². The summed E-state index contributed by atoms with van der Waals surface area (Å²) in [5, 5.41) is 6.70. The molecular weight excluding hydrogens is 712 g/mol. The second kappa shape index (κ2) is 14.7. The molecule has 5 heteroatoms. The van der Waals surface area contributed by atoms with Crippen molar-refractivity contribution in [2.75, 3.05) is 13.3 Å². The van der Waals surface area contributed by atoms with Crippen molar-refractivity contribution in [1.82, 2.24) is 19.1 Å². The van der Waals surface area contributed by atoms with Gasteiger partial charge in [0.1, 0.15) is 11.6 Å². The number of hydrogen-bond acceptors (Lipinski definition) is 2. The molecule has 7 aromatic rings. The molecule has 0 bridgehead atoms.